The predicted molar refractivity (Wildman–Crippen MR) is 79.9 cm³/mol. The smallest absolute Gasteiger partial charge is 0.363 e. The third-order valence-corrected chi connectivity index (χ3v) is 3.66. The molecule has 6 nitrogen and oxygen atoms in total. The van der Waals surface area contributed by atoms with Gasteiger partial charge in [-0.2, -0.15) is 0 Å². The molecule has 1 atom stereocenters. The highest BCUT2D eigenvalue weighted by molar-refractivity contribution is 6.23. The first-order valence-corrected chi connectivity index (χ1v) is 7.19. The van der Waals surface area contributed by atoms with E-state index in [0.717, 1.165) is 31.7 Å². The third-order valence-electron chi connectivity index (χ3n) is 3.66. The van der Waals surface area contributed by atoms with Crippen molar-refractivity contribution in [2.75, 3.05) is 32.1 Å². The van der Waals surface area contributed by atoms with Crippen LogP contribution in [0.1, 0.15) is 12.8 Å². The second kappa shape index (κ2) is 6.36. The van der Waals surface area contributed by atoms with Crippen LogP contribution in [0.2, 0.25) is 0 Å². The normalized spacial score (nSPS) is 22.0. The van der Waals surface area contributed by atoms with Gasteiger partial charge >= 0.3 is 7.62 Å². The van der Waals surface area contributed by atoms with Crippen LogP contribution in [0.25, 0.3) is 0 Å². The summed E-state index contributed by atoms with van der Waals surface area (Å²) in [6.07, 6.45) is 2.27. The van der Waals surface area contributed by atoms with Gasteiger partial charge < -0.3 is 24.3 Å². The maximum atomic E-state index is 11.3. The average molecular weight is 290 g/mol. The van der Waals surface area contributed by atoms with Gasteiger partial charge in [-0.05, 0) is 31.5 Å². The lowest BCUT2D eigenvalue weighted by Crippen LogP contribution is -2.43. The molecule has 1 N–H and O–H groups in total. The van der Waals surface area contributed by atoms with Gasteiger partial charge in [0.2, 0.25) is 0 Å². The molecule has 0 aliphatic carbocycles. The summed E-state index contributed by atoms with van der Waals surface area (Å²) in [4.78, 5) is 13.6. The quantitative estimate of drug-likeness (QED) is 0.830. The number of hydrogen-bond acceptors (Lipinski definition) is 5. The highest BCUT2D eigenvalue weighted by Gasteiger charge is 2.23. The Kier molecular flexibility index (Phi) is 4.31. The fourth-order valence-corrected chi connectivity index (χ4v) is 2.74. The van der Waals surface area contributed by atoms with E-state index in [-0.39, 0.29) is 18.6 Å². The molecule has 1 aromatic carbocycles. The highest BCUT2D eigenvalue weighted by Crippen LogP contribution is 2.32. The fraction of sp³-hybridized carbons (Fsp3) is 0.500. The van der Waals surface area contributed by atoms with E-state index in [1.165, 1.54) is 0 Å². The standard InChI is InChI=1S/C14H19BN2O4/c1-19-15-17-6-2-3-11(8-17)21-10-4-5-13-12(7-10)16-14(18)9-20-13/h4-5,7,11,15H,2-3,6,8-9H2,1H3,(H,16,18)/t11-/m1/s1. The number of piperidine rings is 1. The number of nitrogens with zero attached hydrogens (tertiary/aromatic N) is 1. The topological polar surface area (TPSA) is 60.0 Å². The number of hydrogen-bond donors (Lipinski definition) is 1. The lowest BCUT2D eigenvalue weighted by Gasteiger charge is -2.32. The first-order chi connectivity index (χ1) is 10.2. The summed E-state index contributed by atoms with van der Waals surface area (Å²) in [6, 6.07) is 5.53. The van der Waals surface area contributed by atoms with Crippen LogP contribution in [0.3, 0.4) is 0 Å². The zero-order valence-corrected chi connectivity index (χ0v) is 12.1. The zero-order valence-electron chi connectivity index (χ0n) is 12.1. The minimum Gasteiger partial charge on any atom is -0.489 e. The van der Waals surface area contributed by atoms with Crippen LogP contribution >= 0.6 is 0 Å². The Bertz CT molecular complexity index is 524. The number of fused-ring (bicyclic) bond motifs is 1. The molecule has 21 heavy (non-hydrogen) atoms. The van der Waals surface area contributed by atoms with Gasteiger partial charge in [-0.1, -0.05) is 0 Å². The number of nitrogens with one attached hydrogen (secondary N) is 1. The minimum absolute atomic E-state index is 0.0712. The summed E-state index contributed by atoms with van der Waals surface area (Å²) < 4.78 is 16.5. The number of benzene rings is 1. The SMILES string of the molecule is COBN1CCC[C@@H](Oc2ccc3c(c2)NC(=O)CO3)C1. The molecule has 0 bridgehead atoms. The fourth-order valence-electron chi connectivity index (χ4n) is 2.74. The molecule has 0 aromatic heterocycles. The Morgan fingerprint density at radius 3 is 3.24 bits per heavy atom. The molecule has 112 valence electrons. The van der Waals surface area contributed by atoms with E-state index in [0.29, 0.717) is 19.1 Å². The third kappa shape index (κ3) is 3.48. The van der Waals surface area contributed by atoms with Gasteiger partial charge in [0, 0.05) is 19.7 Å². The van der Waals surface area contributed by atoms with Crippen LogP contribution in [0.15, 0.2) is 18.2 Å². The molecular weight excluding hydrogens is 271 g/mol. The number of rotatable bonds is 4. The summed E-state index contributed by atoms with van der Waals surface area (Å²) >= 11 is 0. The molecule has 0 saturated carbocycles. The van der Waals surface area contributed by atoms with Crippen LogP contribution in [0.4, 0.5) is 5.69 Å². The van der Waals surface area contributed by atoms with Crippen LogP contribution in [0, 0.1) is 0 Å². The van der Waals surface area contributed by atoms with Crippen molar-refractivity contribution in [1.29, 1.82) is 0 Å². The summed E-state index contributed by atoms with van der Waals surface area (Å²) in [7, 11) is 2.34. The van der Waals surface area contributed by atoms with Gasteiger partial charge in [-0.15, -0.1) is 0 Å². The Morgan fingerprint density at radius 1 is 1.48 bits per heavy atom. The van der Waals surface area contributed by atoms with E-state index in [9.17, 15) is 4.79 Å². The van der Waals surface area contributed by atoms with Crippen molar-refractivity contribution < 1.29 is 18.9 Å². The van der Waals surface area contributed by atoms with Crippen molar-refractivity contribution in [3.63, 3.8) is 0 Å². The maximum Gasteiger partial charge on any atom is 0.363 e. The van der Waals surface area contributed by atoms with Gasteiger partial charge in [0.1, 0.15) is 17.6 Å². The lowest BCUT2D eigenvalue weighted by atomic mass is 10.0. The first-order valence-electron chi connectivity index (χ1n) is 7.19. The van der Waals surface area contributed by atoms with E-state index in [4.69, 9.17) is 14.1 Å². The van der Waals surface area contributed by atoms with Crippen molar-refractivity contribution >= 4 is 19.2 Å². The van der Waals surface area contributed by atoms with E-state index < -0.39 is 0 Å². The van der Waals surface area contributed by atoms with Gasteiger partial charge in [-0.3, -0.25) is 4.79 Å². The molecule has 2 aliphatic heterocycles. The van der Waals surface area contributed by atoms with Crippen molar-refractivity contribution in [3.8, 4) is 11.5 Å². The van der Waals surface area contributed by atoms with Gasteiger partial charge in [0.15, 0.2) is 6.61 Å². The Morgan fingerprint density at radius 2 is 2.38 bits per heavy atom. The molecule has 2 aliphatic rings. The Balaban J connectivity index is 1.65. The molecular formula is C14H19BN2O4. The van der Waals surface area contributed by atoms with Crippen molar-refractivity contribution in [2.24, 2.45) is 0 Å². The molecule has 0 radical (unpaired) electrons. The van der Waals surface area contributed by atoms with E-state index in [2.05, 4.69) is 10.1 Å². The molecule has 0 unspecified atom stereocenters. The van der Waals surface area contributed by atoms with E-state index in [1.54, 1.807) is 7.11 Å². The molecule has 1 amide bonds. The van der Waals surface area contributed by atoms with Gasteiger partial charge in [0.25, 0.3) is 5.91 Å². The molecule has 7 heteroatoms. The summed E-state index contributed by atoms with van der Waals surface area (Å²) in [5.41, 5.74) is 0.674. The number of carbonyl (C=O) groups is 1. The average Bonchev–Trinajstić information content (AvgIpc) is 2.47. The number of amides is 1. The zero-order chi connectivity index (χ0) is 14.7. The summed E-state index contributed by atoms with van der Waals surface area (Å²) in [6.45, 7) is 1.97. The molecule has 0 spiro atoms. The first kappa shape index (κ1) is 14.2. The largest absolute Gasteiger partial charge is 0.489 e. The lowest BCUT2D eigenvalue weighted by molar-refractivity contribution is -0.118. The van der Waals surface area contributed by atoms with Crippen LogP contribution in [0.5, 0.6) is 11.5 Å². The molecule has 1 saturated heterocycles. The Labute approximate surface area is 124 Å². The van der Waals surface area contributed by atoms with Crippen molar-refractivity contribution in [1.82, 2.24) is 4.81 Å². The predicted octanol–water partition coefficient (Wildman–Crippen LogP) is 0.774. The number of anilines is 1. The number of carbonyl (C=O) groups excluding carboxylic acids is 1. The molecule has 1 fully saturated rings. The van der Waals surface area contributed by atoms with Crippen LogP contribution in [-0.2, 0) is 9.45 Å². The van der Waals surface area contributed by atoms with Gasteiger partial charge in [-0.25, -0.2) is 0 Å². The van der Waals surface area contributed by atoms with Crippen LogP contribution < -0.4 is 14.8 Å². The minimum atomic E-state index is -0.136. The molecule has 2 heterocycles. The van der Waals surface area contributed by atoms with Crippen molar-refractivity contribution in [3.05, 3.63) is 18.2 Å². The second-order valence-corrected chi connectivity index (χ2v) is 5.37. The summed E-state index contributed by atoms with van der Waals surface area (Å²) in [5, 5.41) is 2.79. The molecule has 1 aromatic rings. The summed E-state index contributed by atoms with van der Waals surface area (Å²) in [5.74, 6) is 1.30. The highest BCUT2D eigenvalue weighted by atomic mass is 16.5. The van der Waals surface area contributed by atoms with E-state index in [1.807, 2.05) is 18.2 Å². The van der Waals surface area contributed by atoms with E-state index >= 15 is 0 Å². The monoisotopic (exact) mass is 290 g/mol. The van der Waals surface area contributed by atoms with Crippen LogP contribution in [-0.4, -0.2) is 51.2 Å². The maximum absolute atomic E-state index is 11.3. The number of ether oxygens (including phenoxy) is 2. The molecule has 3 rings (SSSR count). The second-order valence-electron chi connectivity index (χ2n) is 5.37. The Hall–Kier alpha value is -1.73. The van der Waals surface area contributed by atoms with Crippen molar-refractivity contribution in [2.45, 2.75) is 18.9 Å². The van der Waals surface area contributed by atoms with Gasteiger partial charge in [0.05, 0.1) is 5.69 Å².